The second kappa shape index (κ2) is 4.21. The smallest absolute Gasteiger partial charge is 0.328 e. The molecular formula is C12H11NO5. The predicted octanol–water partition coefficient (Wildman–Crippen LogP) is 0.461. The van der Waals surface area contributed by atoms with Gasteiger partial charge in [0.25, 0.3) is 5.91 Å². The Morgan fingerprint density at radius 2 is 2.06 bits per heavy atom. The lowest BCUT2D eigenvalue weighted by atomic mass is 10.1. The van der Waals surface area contributed by atoms with E-state index in [2.05, 4.69) is 5.32 Å². The van der Waals surface area contributed by atoms with Crippen LogP contribution in [0.15, 0.2) is 18.2 Å². The van der Waals surface area contributed by atoms with Crippen LogP contribution >= 0.6 is 0 Å². The Kier molecular flexibility index (Phi) is 2.55. The van der Waals surface area contributed by atoms with E-state index < -0.39 is 6.04 Å². The highest BCUT2D eigenvalue weighted by molar-refractivity contribution is 5.97. The van der Waals surface area contributed by atoms with Crippen molar-refractivity contribution < 1.29 is 23.8 Å². The molecule has 0 spiro atoms. The summed E-state index contributed by atoms with van der Waals surface area (Å²) < 4.78 is 15.1. The zero-order valence-electron chi connectivity index (χ0n) is 9.47. The first-order valence-corrected chi connectivity index (χ1v) is 5.61. The lowest BCUT2D eigenvalue weighted by Crippen LogP contribution is -2.37. The summed E-state index contributed by atoms with van der Waals surface area (Å²) in [5.41, 5.74) is 0.430. The van der Waals surface area contributed by atoms with E-state index in [1.54, 1.807) is 18.2 Å². The average Bonchev–Trinajstić information content (AvgIpc) is 2.98. The van der Waals surface area contributed by atoms with E-state index in [9.17, 15) is 9.59 Å². The minimum atomic E-state index is -0.553. The quantitative estimate of drug-likeness (QED) is 0.771. The zero-order valence-corrected chi connectivity index (χ0v) is 9.47. The Labute approximate surface area is 103 Å². The third kappa shape index (κ3) is 1.85. The molecule has 0 aromatic heterocycles. The molecule has 0 radical (unpaired) electrons. The summed E-state index contributed by atoms with van der Waals surface area (Å²) in [5, 5.41) is 2.63. The number of ether oxygens (including phenoxy) is 3. The Balaban J connectivity index is 1.74. The van der Waals surface area contributed by atoms with Crippen LogP contribution in [0.5, 0.6) is 11.5 Å². The van der Waals surface area contributed by atoms with Crippen molar-refractivity contribution in [2.24, 2.45) is 0 Å². The summed E-state index contributed by atoms with van der Waals surface area (Å²) in [6, 6.07) is 4.34. The van der Waals surface area contributed by atoms with E-state index in [0.29, 0.717) is 30.1 Å². The number of benzene rings is 1. The van der Waals surface area contributed by atoms with Crippen molar-refractivity contribution in [2.75, 3.05) is 13.4 Å². The van der Waals surface area contributed by atoms with Crippen LogP contribution in [0.4, 0.5) is 0 Å². The maximum absolute atomic E-state index is 11.9. The minimum Gasteiger partial charge on any atom is -0.464 e. The van der Waals surface area contributed by atoms with E-state index in [1.807, 2.05) is 0 Å². The Bertz CT molecular complexity index is 513. The molecule has 1 amide bonds. The van der Waals surface area contributed by atoms with Crippen LogP contribution in [-0.4, -0.2) is 31.3 Å². The van der Waals surface area contributed by atoms with E-state index in [1.165, 1.54) is 0 Å². The molecule has 1 atom stereocenters. The fourth-order valence-corrected chi connectivity index (χ4v) is 1.91. The number of cyclic esters (lactones) is 1. The highest BCUT2D eigenvalue weighted by Crippen LogP contribution is 2.32. The van der Waals surface area contributed by atoms with Crippen molar-refractivity contribution in [3.05, 3.63) is 23.8 Å². The van der Waals surface area contributed by atoms with Crippen LogP contribution in [0.25, 0.3) is 0 Å². The van der Waals surface area contributed by atoms with Crippen molar-refractivity contribution in [1.29, 1.82) is 0 Å². The second-order valence-electron chi connectivity index (χ2n) is 4.05. The first kappa shape index (κ1) is 10.9. The summed E-state index contributed by atoms with van der Waals surface area (Å²) in [7, 11) is 0. The topological polar surface area (TPSA) is 73.9 Å². The van der Waals surface area contributed by atoms with E-state index in [-0.39, 0.29) is 18.7 Å². The highest BCUT2D eigenvalue weighted by Gasteiger charge is 2.28. The van der Waals surface area contributed by atoms with Gasteiger partial charge in [-0.2, -0.15) is 0 Å². The van der Waals surface area contributed by atoms with Crippen molar-refractivity contribution in [2.45, 2.75) is 12.5 Å². The molecule has 1 N–H and O–H groups in total. The molecule has 1 unspecified atom stereocenters. The lowest BCUT2D eigenvalue weighted by Gasteiger charge is -2.09. The molecule has 0 saturated carbocycles. The SMILES string of the molecule is O=C(NC1CCOC1=O)c1ccc2c(c1)OCO2. The number of fused-ring (bicyclic) bond motifs is 1. The number of hydrogen-bond acceptors (Lipinski definition) is 5. The van der Waals surface area contributed by atoms with Gasteiger partial charge in [-0.15, -0.1) is 0 Å². The molecule has 3 rings (SSSR count). The number of rotatable bonds is 2. The monoisotopic (exact) mass is 249 g/mol. The van der Waals surface area contributed by atoms with Gasteiger partial charge < -0.3 is 19.5 Å². The van der Waals surface area contributed by atoms with Crippen LogP contribution < -0.4 is 14.8 Å². The molecule has 2 aliphatic rings. The Morgan fingerprint density at radius 3 is 2.83 bits per heavy atom. The third-order valence-corrected chi connectivity index (χ3v) is 2.88. The standard InChI is InChI=1S/C12H11NO5/c14-11(13-8-3-4-16-12(8)15)7-1-2-9-10(5-7)18-6-17-9/h1-2,5,8H,3-4,6H2,(H,13,14). The van der Waals surface area contributed by atoms with Gasteiger partial charge in [0.2, 0.25) is 6.79 Å². The number of esters is 1. The van der Waals surface area contributed by atoms with E-state index in [0.717, 1.165) is 0 Å². The molecule has 94 valence electrons. The fraction of sp³-hybridized carbons (Fsp3) is 0.333. The molecule has 6 nitrogen and oxygen atoms in total. The minimum absolute atomic E-state index is 0.162. The molecule has 1 aromatic carbocycles. The molecule has 0 aliphatic carbocycles. The van der Waals surface area contributed by atoms with E-state index in [4.69, 9.17) is 14.2 Å². The van der Waals surface area contributed by atoms with Gasteiger partial charge in [0.1, 0.15) is 6.04 Å². The van der Waals surface area contributed by atoms with E-state index >= 15 is 0 Å². The molecular weight excluding hydrogens is 238 g/mol. The average molecular weight is 249 g/mol. The van der Waals surface area contributed by atoms with Gasteiger partial charge in [0.05, 0.1) is 6.61 Å². The molecule has 18 heavy (non-hydrogen) atoms. The van der Waals surface area contributed by atoms with Crippen LogP contribution in [0, 0.1) is 0 Å². The van der Waals surface area contributed by atoms with Crippen molar-refractivity contribution in [3.63, 3.8) is 0 Å². The molecule has 1 aromatic rings. The molecule has 2 aliphatic heterocycles. The highest BCUT2D eigenvalue weighted by atomic mass is 16.7. The van der Waals surface area contributed by atoms with Gasteiger partial charge in [-0.25, -0.2) is 4.79 Å². The predicted molar refractivity (Wildman–Crippen MR) is 59.4 cm³/mol. The van der Waals surface area contributed by atoms with Gasteiger partial charge in [-0.1, -0.05) is 0 Å². The summed E-state index contributed by atoms with van der Waals surface area (Å²) in [4.78, 5) is 23.2. The first-order valence-electron chi connectivity index (χ1n) is 5.61. The Hall–Kier alpha value is -2.24. The second-order valence-corrected chi connectivity index (χ2v) is 4.05. The largest absolute Gasteiger partial charge is 0.464 e. The first-order chi connectivity index (χ1) is 8.74. The molecule has 2 heterocycles. The normalized spacial score (nSPS) is 20.7. The molecule has 1 fully saturated rings. The summed E-state index contributed by atoms with van der Waals surface area (Å²) in [5.74, 6) is 0.449. The Morgan fingerprint density at radius 1 is 1.22 bits per heavy atom. The van der Waals surface area contributed by atoms with Crippen LogP contribution in [0.3, 0.4) is 0 Å². The number of carbonyl (C=O) groups excluding carboxylic acids is 2. The van der Waals surface area contributed by atoms with Gasteiger partial charge in [-0.05, 0) is 18.2 Å². The number of amides is 1. The fourth-order valence-electron chi connectivity index (χ4n) is 1.91. The van der Waals surface area contributed by atoms with Crippen LogP contribution in [0.1, 0.15) is 16.8 Å². The maximum atomic E-state index is 11.9. The summed E-state index contributed by atoms with van der Waals surface area (Å²) in [6.45, 7) is 0.514. The maximum Gasteiger partial charge on any atom is 0.328 e. The van der Waals surface area contributed by atoms with Gasteiger partial charge in [-0.3, -0.25) is 4.79 Å². The zero-order chi connectivity index (χ0) is 12.5. The van der Waals surface area contributed by atoms with Gasteiger partial charge in [0.15, 0.2) is 11.5 Å². The summed E-state index contributed by atoms with van der Waals surface area (Å²) in [6.07, 6.45) is 0.509. The molecule has 6 heteroatoms. The molecule has 1 saturated heterocycles. The van der Waals surface area contributed by atoms with Crippen LogP contribution in [0.2, 0.25) is 0 Å². The number of nitrogens with one attached hydrogen (secondary N) is 1. The number of carbonyl (C=O) groups is 2. The molecule has 0 bridgehead atoms. The lowest BCUT2D eigenvalue weighted by molar-refractivity contribution is -0.139. The van der Waals surface area contributed by atoms with Crippen LogP contribution in [-0.2, 0) is 9.53 Å². The third-order valence-electron chi connectivity index (χ3n) is 2.88. The van der Waals surface area contributed by atoms with Crippen molar-refractivity contribution in [3.8, 4) is 11.5 Å². The van der Waals surface area contributed by atoms with Gasteiger partial charge in [0, 0.05) is 12.0 Å². The van der Waals surface area contributed by atoms with Crippen molar-refractivity contribution >= 4 is 11.9 Å². The van der Waals surface area contributed by atoms with Gasteiger partial charge >= 0.3 is 5.97 Å². The number of hydrogen-bond donors (Lipinski definition) is 1. The van der Waals surface area contributed by atoms with Crippen molar-refractivity contribution in [1.82, 2.24) is 5.32 Å². The summed E-state index contributed by atoms with van der Waals surface area (Å²) >= 11 is 0.